The Morgan fingerprint density at radius 2 is 1.96 bits per heavy atom. The first-order valence-corrected chi connectivity index (χ1v) is 7.75. The van der Waals surface area contributed by atoms with Gasteiger partial charge in [0.1, 0.15) is 6.07 Å². The number of benzene rings is 1. The van der Waals surface area contributed by atoms with Crippen LogP contribution in [0.4, 0.5) is 0 Å². The van der Waals surface area contributed by atoms with E-state index < -0.39 is 0 Å². The summed E-state index contributed by atoms with van der Waals surface area (Å²) in [6.45, 7) is 4.22. The number of hydrogen-bond donors (Lipinski definition) is 0. The molecule has 0 N–H and O–H groups in total. The van der Waals surface area contributed by atoms with Gasteiger partial charge in [-0.2, -0.15) is 5.26 Å². The molecule has 0 atom stereocenters. The van der Waals surface area contributed by atoms with E-state index in [0.717, 1.165) is 32.6 Å². The Kier molecular flexibility index (Phi) is 3.88. The highest BCUT2D eigenvalue weighted by atomic mass is 35.5. The van der Waals surface area contributed by atoms with Crippen LogP contribution in [0.25, 0.3) is 21.5 Å². The van der Waals surface area contributed by atoms with Crippen LogP contribution in [0.2, 0.25) is 0 Å². The summed E-state index contributed by atoms with van der Waals surface area (Å²) in [6.07, 6.45) is 0. The highest BCUT2D eigenvalue weighted by Gasteiger charge is 2.20. The Morgan fingerprint density at radius 1 is 1.22 bits per heavy atom. The molecule has 3 aromatic rings. The summed E-state index contributed by atoms with van der Waals surface area (Å²) >= 11 is 1.61. The van der Waals surface area contributed by atoms with Gasteiger partial charge in [0.25, 0.3) is 0 Å². The van der Waals surface area contributed by atoms with E-state index >= 15 is 0 Å². The maximum atomic E-state index is 9.60. The number of aromatic nitrogens is 1. The summed E-state index contributed by atoms with van der Waals surface area (Å²) in [5.74, 6) is 1.42. The molecule has 0 saturated carbocycles. The number of halogens is 1. The van der Waals surface area contributed by atoms with Crippen molar-refractivity contribution in [2.24, 2.45) is 0 Å². The molecule has 0 unspecified atom stereocenters. The number of pyridine rings is 1. The number of ether oxygens (including phenoxy) is 2. The number of nitrogens with zero attached hydrogens (tertiary/aromatic N) is 2. The van der Waals surface area contributed by atoms with Crippen molar-refractivity contribution in [3.63, 3.8) is 0 Å². The normalized spacial score (nSPS) is 12.0. The average Bonchev–Trinajstić information content (AvgIpc) is 3.13. The zero-order valence-corrected chi connectivity index (χ0v) is 14.2. The van der Waals surface area contributed by atoms with Crippen LogP contribution in [0.1, 0.15) is 16.7 Å². The first kappa shape index (κ1) is 15.6. The lowest BCUT2D eigenvalue weighted by atomic mass is 10.0. The van der Waals surface area contributed by atoms with Crippen LogP contribution in [0.15, 0.2) is 23.6 Å². The van der Waals surface area contributed by atoms with Gasteiger partial charge >= 0.3 is 0 Å². The lowest BCUT2D eigenvalue weighted by Gasteiger charge is -2.10. The summed E-state index contributed by atoms with van der Waals surface area (Å²) in [4.78, 5) is 5.78. The molecule has 0 spiro atoms. The minimum atomic E-state index is 0. The Hall–Kier alpha value is -2.29. The lowest BCUT2D eigenvalue weighted by molar-refractivity contribution is 0.174. The topological polar surface area (TPSA) is 55.1 Å². The molecule has 0 bridgehead atoms. The van der Waals surface area contributed by atoms with Crippen molar-refractivity contribution in [2.45, 2.75) is 13.8 Å². The molecular formula is C17H13ClN2O2S. The highest BCUT2D eigenvalue weighted by Crippen LogP contribution is 2.40. The van der Waals surface area contributed by atoms with Crippen molar-refractivity contribution >= 4 is 34.6 Å². The predicted molar refractivity (Wildman–Crippen MR) is 92.6 cm³/mol. The number of fused-ring (bicyclic) bond motifs is 2. The van der Waals surface area contributed by atoms with Crippen molar-refractivity contribution in [3.05, 3.63) is 40.3 Å². The van der Waals surface area contributed by atoms with Crippen LogP contribution < -0.4 is 9.47 Å². The van der Waals surface area contributed by atoms with E-state index in [9.17, 15) is 5.26 Å². The van der Waals surface area contributed by atoms with Crippen LogP contribution in [0, 0.1) is 25.2 Å². The molecule has 23 heavy (non-hydrogen) atoms. The second kappa shape index (κ2) is 5.73. The molecule has 0 radical (unpaired) electrons. The molecular weight excluding hydrogens is 332 g/mol. The van der Waals surface area contributed by atoms with E-state index in [1.54, 1.807) is 11.3 Å². The van der Waals surface area contributed by atoms with Gasteiger partial charge in [-0.05, 0) is 42.5 Å². The molecule has 0 saturated heterocycles. The average molecular weight is 345 g/mol. The molecule has 0 amide bonds. The second-order valence-electron chi connectivity index (χ2n) is 5.23. The summed E-state index contributed by atoms with van der Waals surface area (Å²) in [5, 5.41) is 12.6. The molecule has 1 aliphatic heterocycles. The van der Waals surface area contributed by atoms with Gasteiger partial charge in [0.15, 0.2) is 11.5 Å². The Labute approximate surface area is 143 Å². The molecule has 0 fully saturated rings. The summed E-state index contributed by atoms with van der Waals surface area (Å²) in [6, 6.07) is 8.15. The predicted octanol–water partition coefficient (Wildman–Crippen LogP) is 4.60. The second-order valence-corrected chi connectivity index (χ2v) is 6.14. The lowest BCUT2D eigenvalue weighted by Crippen LogP contribution is -1.95. The number of thiophene rings is 1. The van der Waals surface area contributed by atoms with Crippen molar-refractivity contribution in [3.8, 4) is 28.1 Å². The Balaban J connectivity index is 0.00000156. The van der Waals surface area contributed by atoms with E-state index in [2.05, 4.69) is 6.07 Å². The van der Waals surface area contributed by atoms with Crippen molar-refractivity contribution < 1.29 is 9.47 Å². The van der Waals surface area contributed by atoms with Gasteiger partial charge in [-0.25, -0.2) is 4.98 Å². The molecule has 3 heterocycles. The fraction of sp³-hybridized carbons (Fsp3) is 0.176. The van der Waals surface area contributed by atoms with Crippen LogP contribution in [0.5, 0.6) is 11.5 Å². The van der Waals surface area contributed by atoms with Gasteiger partial charge < -0.3 is 9.47 Å². The summed E-state index contributed by atoms with van der Waals surface area (Å²) in [7, 11) is 0. The van der Waals surface area contributed by atoms with Gasteiger partial charge in [0, 0.05) is 11.5 Å². The van der Waals surface area contributed by atoms with Gasteiger partial charge in [0.2, 0.25) is 6.79 Å². The SMILES string of the molecule is Cc1ccsc1-c1nc2cc3c(cc2c(C)c1C#N)OCO3.Cl. The number of hydrogen-bond acceptors (Lipinski definition) is 5. The molecule has 6 heteroatoms. The van der Waals surface area contributed by atoms with Gasteiger partial charge in [-0.15, -0.1) is 23.7 Å². The van der Waals surface area contributed by atoms with Gasteiger partial charge in [-0.3, -0.25) is 0 Å². The first-order valence-electron chi connectivity index (χ1n) is 6.87. The summed E-state index contributed by atoms with van der Waals surface area (Å²) < 4.78 is 10.9. The zero-order chi connectivity index (χ0) is 15.3. The van der Waals surface area contributed by atoms with Crippen LogP contribution in [0.3, 0.4) is 0 Å². The first-order chi connectivity index (χ1) is 10.7. The van der Waals surface area contributed by atoms with E-state index in [1.807, 2.05) is 37.4 Å². The minimum Gasteiger partial charge on any atom is -0.454 e. The number of nitriles is 1. The Morgan fingerprint density at radius 3 is 2.61 bits per heavy atom. The summed E-state index contributed by atoms with van der Waals surface area (Å²) in [5.41, 5.74) is 4.25. The standard InChI is InChI=1S/C17H12N2O2S.ClH/c1-9-3-4-22-17(9)16-12(7-18)10(2)11-5-14-15(21-8-20-14)6-13(11)19-16;/h3-6H,8H2,1-2H3;1H. The van der Waals surface area contributed by atoms with Crippen LogP contribution in [-0.2, 0) is 0 Å². The van der Waals surface area contributed by atoms with Crippen LogP contribution in [-0.4, -0.2) is 11.8 Å². The molecule has 116 valence electrons. The number of aryl methyl sites for hydroxylation is 2. The molecule has 4 nitrogen and oxygen atoms in total. The molecule has 0 aliphatic carbocycles. The van der Waals surface area contributed by atoms with Gasteiger partial charge in [0.05, 0.1) is 21.7 Å². The van der Waals surface area contributed by atoms with E-state index in [4.69, 9.17) is 14.5 Å². The smallest absolute Gasteiger partial charge is 0.231 e. The third kappa shape index (κ3) is 2.31. The maximum Gasteiger partial charge on any atom is 0.231 e. The monoisotopic (exact) mass is 344 g/mol. The van der Waals surface area contributed by atoms with E-state index in [-0.39, 0.29) is 19.2 Å². The fourth-order valence-corrected chi connectivity index (χ4v) is 3.65. The Bertz CT molecular complexity index is 959. The molecule has 4 rings (SSSR count). The zero-order valence-electron chi connectivity index (χ0n) is 12.5. The van der Waals surface area contributed by atoms with Crippen molar-refractivity contribution in [2.75, 3.05) is 6.79 Å². The highest BCUT2D eigenvalue weighted by molar-refractivity contribution is 7.13. The molecule has 1 aliphatic rings. The third-order valence-corrected chi connectivity index (χ3v) is 4.95. The fourth-order valence-electron chi connectivity index (χ4n) is 2.73. The van der Waals surface area contributed by atoms with Gasteiger partial charge in [-0.1, -0.05) is 0 Å². The quantitative estimate of drug-likeness (QED) is 0.647. The van der Waals surface area contributed by atoms with Crippen molar-refractivity contribution in [1.29, 1.82) is 5.26 Å². The van der Waals surface area contributed by atoms with Crippen molar-refractivity contribution in [1.82, 2.24) is 4.98 Å². The number of rotatable bonds is 1. The largest absolute Gasteiger partial charge is 0.454 e. The maximum absolute atomic E-state index is 9.60. The van der Waals surface area contributed by atoms with Crippen LogP contribution >= 0.6 is 23.7 Å². The molecule has 2 aromatic heterocycles. The van der Waals surface area contributed by atoms with E-state index in [0.29, 0.717) is 17.1 Å². The molecule has 1 aromatic carbocycles. The van der Waals surface area contributed by atoms with E-state index in [1.165, 1.54) is 0 Å². The third-order valence-electron chi connectivity index (χ3n) is 3.93. The minimum absolute atomic E-state index is 0.